The van der Waals surface area contributed by atoms with Crippen molar-refractivity contribution >= 4 is 26.0 Å². The topological polar surface area (TPSA) is 72.8 Å². The molecule has 0 bridgehead atoms. The van der Waals surface area contributed by atoms with Crippen molar-refractivity contribution in [1.29, 1.82) is 0 Å². The van der Waals surface area contributed by atoms with Gasteiger partial charge in [0.15, 0.2) is 0 Å². The number of halogens is 1. The summed E-state index contributed by atoms with van der Waals surface area (Å²) in [5.74, 6) is 0.726. The Bertz CT molecular complexity index is 787. The maximum absolute atomic E-state index is 11.5. The predicted molar refractivity (Wildman–Crippen MR) is 95.0 cm³/mol. The van der Waals surface area contributed by atoms with Crippen molar-refractivity contribution in [1.82, 2.24) is 0 Å². The fourth-order valence-electron chi connectivity index (χ4n) is 2.23. The highest BCUT2D eigenvalue weighted by Gasteiger charge is 2.20. The van der Waals surface area contributed by atoms with E-state index in [0.717, 1.165) is 15.8 Å². The summed E-state index contributed by atoms with van der Waals surface area (Å²) in [6.45, 7) is 4.21. The molecule has 1 unspecified atom stereocenters. The zero-order chi connectivity index (χ0) is 17.7. The van der Waals surface area contributed by atoms with Crippen molar-refractivity contribution in [3.63, 3.8) is 0 Å². The van der Waals surface area contributed by atoms with E-state index in [1.54, 1.807) is 19.1 Å². The molecule has 130 valence electrons. The summed E-state index contributed by atoms with van der Waals surface area (Å²) < 4.78 is 44.5. The highest BCUT2D eigenvalue weighted by Crippen LogP contribution is 2.26. The lowest BCUT2D eigenvalue weighted by Crippen LogP contribution is -2.12. The fraction of sp³-hybridized carbons (Fsp3) is 0.294. The number of hydrogen-bond acceptors (Lipinski definition) is 4. The van der Waals surface area contributed by atoms with Gasteiger partial charge in [-0.25, -0.2) is 0 Å². The molecule has 0 saturated carbocycles. The summed E-state index contributed by atoms with van der Waals surface area (Å²) in [6.07, 6.45) is -0.490. The van der Waals surface area contributed by atoms with Crippen LogP contribution in [0.4, 0.5) is 0 Å². The van der Waals surface area contributed by atoms with Crippen molar-refractivity contribution in [3.8, 4) is 5.75 Å². The van der Waals surface area contributed by atoms with Gasteiger partial charge in [0.05, 0.1) is 17.6 Å². The zero-order valence-electron chi connectivity index (χ0n) is 13.4. The molecule has 0 saturated heterocycles. The van der Waals surface area contributed by atoms with Crippen LogP contribution < -0.4 is 4.74 Å². The Morgan fingerprint density at radius 1 is 1.12 bits per heavy atom. The first-order valence-electron chi connectivity index (χ1n) is 7.35. The second kappa shape index (κ2) is 8.11. The third-order valence-corrected chi connectivity index (χ3v) is 4.87. The highest BCUT2D eigenvalue weighted by atomic mass is 79.9. The molecule has 1 N–H and O–H groups in total. The quantitative estimate of drug-likeness (QED) is 0.543. The van der Waals surface area contributed by atoms with Gasteiger partial charge >= 0.3 is 0 Å². The lowest BCUT2D eigenvalue weighted by atomic mass is 10.1. The van der Waals surface area contributed by atoms with Gasteiger partial charge in [0.2, 0.25) is 0 Å². The molecule has 0 amide bonds. The molecular weight excluding hydrogens is 396 g/mol. The minimum atomic E-state index is -4.29. The van der Waals surface area contributed by atoms with Gasteiger partial charge in [-0.05, 0) is 44.2 Å². The molecule has 0 aliphatic heterocycles. The van der Waals surface area contributed by atoms with Gasteiger partial charge in [-0.2, -0.15) is 8.42 Å². The highest BCUT2D eigenvalue weighted by molar-refractivity contribution is 9.10. The van der Waals surface area contributed by atoms with Crippen molar-refractivity contribution in [2.45, 2.75) is 24.8 Å². The van der Waals surface area contributed by atoms with Gasteiger partial charge in [-0.1, -0.05) is 33.6 Å². The Kier molecular flexibility index (Phi) is 6.40. The minimum absolute atomic E-state index is 0.130. The summed E-state index contributed by atoms with van der Waals surface area (Å²) in [4.78, 5) is -0.130. The average Bonchev–Trinajstić information content (AvgIpc) is 2.51. The van der Waals surface area contributed by atoms with Crippen LogP contribution in [0, 0.1) is 6.92 Å². The summed E-state index contributed by atoms with van der Waals surface area (Å²) in [6, 6.07) is 12.2. The third kappa shape index (κ3) is 5.31. The van der Waals surface area contributed by atoms with Gasteiger partial charge < -0.3 is 9.47 Å². The standard InChI is InChI=1S/C17H19BrO5S/c1-12-3-8-17(24(19,20)21)16(11-12)13(2)22-9-10-23-15-6-4-14(18)5-7-15/h3-8,11,13H,9-10H2,1-2H3,(H,19,20,21). The third-order valence-electron chi connectivity index (χ3n) is 3.41. The molecule has 0 aromatic heterocycles. The molecule has 0 aliphatic rings. The van der Waals surface area contributed by atoms with Gasteiger partial charge in [0, 0.05) is 10.0 Å². The molecule has 7 heteroatoms. The van der Waals surface area contributed by atoms with Crippen LogP contribution in [0.15, 0.2) is 51.8 Å². The Hall–Kier alpha value is -1.41. The second-order valence-electron chi connectivity index (χ2n) is 5.33. The number of benzene rings is 2. The van der Waals surface area contributed by atoms with E-state index in [9.17, 15) is 13.0 Å². The molecule has 0 radical (unpaired) electrons. The van der Waals surface area contributed by atoms with Gasteiger partial charge in [-0.15, -0.1) is 0 Å². The number of aryl methyl sites for hydroxylation is 1. The van der Waals surface area contributed by atoms with Gasteiger partial charge in [0.1, 0.15) is 12.4 Å². The summed E-state index contributed by atoms with van der Waals surface area (Å²) in [5, 5.41) is 0. The molecular formula is C17H19BrO5S. The van der Waals surface area contributed by atoms with Gasteiger partial charge in [-0.3, -0.25) is 4.55 Å². The predicted octanol–water partition coefficient (Wildman–Crippen LogP) is 4.16. The second-order valence-corrected chi connectivity index (χ2v) is 7.64. The number of ether oxygens (including phenoxy) is 2. The molecule has 2 rings (SSSR count). The molecule has 2 aromatic carbocycles. The first-order chi connectivity index (χ1) is 11.3. The van der Waals surface area contributed by atoms with Crippen LogP contribution in [-0.4, -0.2) is 26.2 Å². The smallest absolute Gasteiger partial charge is 0.294 e. The summed E-state index contributed by atoms with van der Waals surface area (Å²) >= 11 is 3.35. The van der Waals surface area contributed by atoms with Crippen LogP contribution >= 0.6 is 15.9 Å². The monoisotopic (exact) mass is 414 g/mol. The number of rotatable bonds is 7. The van der Waals surface area contributed by atoms with E-state index >= 15 is 0 Å². The molecule has 0 aliphatic carbocycles. The Labute approximate surface area is 150 Å². The van der Waals surface area contributed by atoms with E-state index < -0.39 is 16.2 Å². The summed E-state index contributed by atoms with van der Waals surface area (Å²) in [5.41, 5.74) is 1.32. The van der Waals surface area contributed by atoms with Crippen LogP contribution in [0.25, 0.3) is 0 Å². The number of hydrogen-bond donors (Lipinski definition) is 1. The van der Waals surface area contributed by atoms with Crippen molar-refractivity contribution < 1.29 is 22.4 Å². The van der Waals surface area contributed by atoms with Crippen LogP contribution in [0.2, 0.25) is 0 Å². The van der Waals surface area contributed by atoms with Crippen molar-refractivity contribution in [3.05, 3.63) is 58.1 Å². The maximum atomic E-state index is 11.5. The van der Waals surface area contributed by atoms with E-state index in [-0.39, 0.29) is 11.5 Å². The molecule has 5 nitrogen and oxygen atoms in total. The fourth-order valence-corrected chi connectivity index (χ4v) is 3.25. The van der Waals surface area contributed by atoms with Crippen LogP contribution in [0.3, 0.4) is 0 Å². The Morgan fingerprint density at radius 2 is 1.79 bits per heavy atom. The van der Waals surface area contributed by atoms with Crippen LogP contribution in [0.1, 0.15) is 24.2 Å². The van der Waals surface area contributed by atoms with Crippen LogP contribution in [-0.2, 0) is 14.9 Å². The molecule has 2 aromatic rings. The normalized spacial score (nSPS) is 12.8. The zero-order valence-corrected chi connectivity index (χ0v) is 15.8. The van der Waals surface area contributed by atoms with E-state index in [0.29, 0.717) is 12.2 Å². The van der Waals surface area contributed by atoms with Crippen molar-refractivity contribution in [2.24, 2.45) is 0 Å². The minimum Gasteiger partial charge on any atom is -0.491 e. The molecule has 0 heterocycles. The van der Waals surface area contributed by atoms with E-state index in [4.69, 9.17) is 9.47 Å². The van der Waals surface area contributed by atoms with E-state index in [1.165, 1.54) is 6.07 Å². The SMILES string of the molecule is Cc1ccc(S(=O)(=O)O)c(C(C)OCCOc2ccc(Br)cc2)c1. The van der Waals surface area contributed by atoms with E-state index in [1.807, 2.05) is 31.2 Å². The van der Waals surface area contributed by atoms with E-state index in [2.05, 4.69) is 15.9 Å². The average molecular weight is 415 g/mol. The molecule has 0 spiro atoms. The molecule has 24 heavy (non-hydrogen) atoms. The largest absolute Gasteiger partial charge is 0.491 e. The Morgan fingerprint density at radius 3 is 2.42 bits per heavy atom. The lowest BCUT2D eigenvalue weighted by molar-refractivity contribution is 0.0423. The Balaban J connectivity index is 1.96. The summed E-state index contributed by atoms with van der Waals surface area (Å²) in [7, 11) is -4.29. The molecule has 0 fully saturated rings. The first kappa shape index (κ1) is 18.9. The molecule has 1 atom stereocenters. The van der Waals surface area contributed by atoms with Crippen molar-refractivity contribution in [2.75, 3.05) is 13.2 Å². The lowest BCUT2D eigenvalue weighted by Gasteiger charge is -2.17. The van der Waals surface area contributed by atoms with Gasteiger partial charge in [0.25, 0.3) is 10.1 Å². The maximum Gasteiger partial charge on any atom is 0.294 e. The first-order valence-corrected chi connectivity index (χ1v) is 9.58. The van der Waals surface area contributed by atoms with Crippen LogP contribution in [0.5, 0.6) is 5.75 Å².